The molecule has 156 valence electrons. The van der Waals surface area contributed by atoms with Gasteiger partial charge in [-0.1, -0.05) is 18.2 Å². The van der Waals surface area contributed by atoms with Crippen molar-refractivity contribution in [3.63, 3.8) is 0 Å². The Bertz CT molecular complexity index is 1200. The summed E-state index contributed by atoms with van der Waals surface area (Å²) < 4.78 is 5.38. The molecule has 3 aromatic rings. The standard InChI is InChI=1S/C22H16N2O6S/c1-30-16-6-3-2-5-15(16)23-19(17-7-4-12-31-17)18(21(26)22(23)27)20(25)13-8-10-14(11-9-13)24(28)29/h2-12,19,25H,1H3/b20-18-. The average molecular weight is 436 g/mol. The third kappa shape index (κ3) is 3.44. The van der Waals surface area contributed by atoms with Gasteiger partial charge >= 0.3 is 0 Å². The van der Waals surface area contributed by atoms with E-state index in [1.807, 2.05) is 5.38 Å². The van der Waals surface area contributed by atoms with Gasteiger partial charge in [0.15, 0.2) is 0 Å². The van der Waals surface area contributed by atoms with E-state index in [-0.39, 0.29) is 16.8 Å². The second kappa shape index (κ2) is 8.04. The molecule has 1 unspecified atom stereocenters. The second-order valence-electron chi connectivity index (χ2n) is 6.66. The van der Waals surface area contributed by atoms with Crippen LogP contribution in [0.5, 0.6) is 5.75 Å². The fraction of sp³-hybridized carbons (Fsp3) is 0.0909. The van der Waals surface area contributed by atoms with Crippen LogP contribution in [-0.2, 0) is 9.59 Å². The van der Waals surface area contributed by atoms with E-state index >= 15 is 0 Å². The smallest absolute Gasteiger partial charge is 0.300 e. The first-order valence-corrected chi connectivity index (χ1v) is 10.0. The summed E-state index contributed by atoms with van der Waals surface area (Å²) in [6.07, 6.45) is 0. The summed E-state index contributed by atoms with van der Waals surface area (Å²) in [6.45, 7) is 0. The van der Waals surface area contributed by atoms with E-state index in [0.717, 1.165) is 0 Å². The molecule has 0 radical (unpaired) electrons. The number of nitrogens with zero attached hydrogens (tertiary/aromatic N) is 2. The van der Waals surface area contributed by atoms with Gasteiger partial charge in [-0.25, -0.2) is 0 Å². The van der Waals surface area contributed by atoms with E-state index < -0.39 is 28.4 Å². The molecule has 4 rings (SSSR count). The number of hydrogen-bond donors (Lipinski definition) is 1. The molecule has 1 atom stereocenters. The quantitative estimate of drug-likeness (QED) is 0.210. The van der Waals surface area contributed by atoms with Crippen molar-refractivity contribution in [2.45, 2.75) is 6.04 Å². The Labute approximate surface area is 180 Å². The predicted molar refractivity (Wildman–Crippen MR) is 115 cm³/mol. The maximum atomic E-state index is 13.1. The zero-order valence-corrected chi connectivity index (χ0v) is 17.0. The summed E-state index contributed by atoms with van der Waals surface area (Å²) in [4.78, 5) is 38.4. The Morgan fingerprint density at radius 1 is 1.10 bits per heavy atom. The van der Waals surface area contributed by atoms with E-state index in [4.69, 9.17) is 4.74 Å². The molecular formula is C22H16N2O6S. The fourth-order valence-electron chi connectivity index (χ4n) is 3.52. The molecule has 1 fully saturated rings. The van der Waals surface area contributed by atoms with Crippen LogP contribution in [0.3, 0.4) is 0 Å². The van der Waals surface area contributed by atoms with E-state index in [1.165, 1.54) is 47.6 Å². The van der Waals surface area contributed by atoms with Gasteiger partial charge in [0, 0.05) is 22.6 Å². The van der Waals surface area contributed by atoms with Crippen LogP contribution in [0.2, 0.25) is 0 Å². The molecule has 1 saturated heterocycles. The van der Waals surface area contributed by atoms with Crippen molar-refractivity contribution in [1.82, 2.24) is 0 Å². The number of ketones is 1. The maximum absolute atomic E-state index is 13.1. The van der Waals surface area contributed by atoms with Crippen molar-refractivity contribution >= 4 is 40.2 Å². The number of anilines is 1. The number of Topliss-reactive ketones (excluding diaryl/α,β-unsaturated/α-hetero) is 1. The van der Waals surface area contributed by atoms with Crippen molar-refractivity contribution in [3.05, 3.63) is 92.2 Å². The van der Waals surface area contributed by atoms with Gasteiger partial charge in [0.05, 0.1) is 23.3 Å². The second-order valence-corrected chi connectivity index (χ2v) is 7.64. The zero-order chi connectivity index (χ0) is 22.1. The van der Waals surface area contributed by atoms with E-state index in [2.05, 4.69) is 0 Å². The Morgan fingerprint density at radius 2 is 1.81 bits per heavy atom. The summed E-state index contributed by atoms with van der Waals surface area (Å²) in [6, 6.07) is 14.6. The molecule has 2 aromatic carbocycles. The highest BCUT2D eigenvalue weighted by atomic mass is 32.1. The minimum absolute atomic E-state index is 0.0905. The van der Waals surface area contributed by atoms with Crippen LogP contribution in [0.4, 0.5) is 11.4 Å². The molecule has 0 saturated carbocycles. The largest absolute Gasteiger partial charge is 0.507 e. The number of carbonyl (C=O) groups excluding carboxylic acids is 2. The van der Waals surface area contributed by atoms with Crippen molar-refractivity contribution < 1.29 is 24.4 Å². The number of nitro groups is 1. The Hall–Kier alpha value is -3.98. The van der Waals surface area contributed by atoms with Gasteiger partial charge in [0.1, 0.15) is 17.6 Å². The van der Waals surface area contributed by atoms with Crippen molar-refractivity contribution in [1.29, 1.82) is 0 Å². The molecule has 1 aliphatic rings. The molecule has 9 heteroatoms. The van der Waals surface area contributed by atoms with Gasteiger partial charge < -0.3 is 9.84 Å². The third-order valence-electron chi connectivity index (χ3n) is 4.95. The first kappa shape index (κ1) is 20.3. The molecule has 0 spiro atoms. The highest BCUT2D eigenvalue weighted by molar-refractivity contribution is 7.10. The number of para-hydroxylation sites is 2. The molecule has 1 aliphatic heterocycles. The summed E-state index contributed by atoms with van der Waals surface area (Å²) in [7, 11) is 1.46. The van der Waals surface area contributed by atoms with Crippen LogP contribution >= 0.6 is 11.3 Å². The lowest BCUT2D eigenvalue weighted by Gasteiger charge is -2.25. The highest BCUT2D eigenvalue weighted by Crippen LogP contribution is 2.45. The number of nitro benzene ring substituents is 1. The summed E-state index contributed by atoms with van der Waals surface area (Å²) >= 11 is 1.34. The molecule has 1 aromatic heterocycles. The molecule has 0 aliphatic carbocycles. The highest BCUT2D eigenvalue weighted by Gasteiger charge is 2.48. The van der Waals surface area contributed by atoms with Gasteiger partial charge in [0.25, 0.3) is 17.4 Å². The number of ether oxygens (including phenoxy) is 1. The lowest BCUT2D eigenvalue weighted by molar-refractivity contribution is -0.384. The van der Waals surface area contributed by atoms with Crippen molar-refractivity contribution in [2.75, 3.05) is 12.0 Å². The van der Waals surface area contributed by atoms with Gasteiger partial charge in [0.2, 0.25) is 0 Å². The monoisotopic (exact) mass is 436 g/mol. The first-order chi connectivity index (χ1) is 14.9. The normalized spacial score (nSPS) is 17.7. The van der Waals surface area contributed by atoms with E-state index in [1.54, 1.807) is 36.4 Å². The minimum Gasteiger partial charge on any atom is -0.507 e. The topological polar surface area (TPSA) is 110 Å². The minimum atomic E-state index is -0.869. The lowest BCUT2D eigenvalue weighted by Crippen LogP contribution is -2.29. The Balaban J connectivity index is 1.91. The third-order valence-corrected chi connectivity index (χ3v) is 5.88. The molecule has 1 amide bonds. The van der Waals surface area contributed by atoms with E-state index in [0.29, 0.717) is 16.3 Å². The number of amides is 1. The SMILES string of the molecule is COc1ccccc1N1C(=O)C(=O)/C(=C(\O)c2ccc([N+](=O)[O-])cc2)C1c1cccs1. The number of non-ortho nitro benzene ring substituents is 1. The number of thiophene rings is 1. The molecule has 2 heterocycles. The maximum Gasteiger partial charge on any atom is 0.300 e. The van der Waals surface area contributed by atoms with E-state index in [9.17, 15) is 24.8 Å². The molecular weight excluding hydrogens is 420 g/mol. The summed E-state index contributed by atoms with van der Waals surface area (Å²) in [5, 5.41) is 23.7. The number of rotatable bonds is 5. The summed E-state index contributed by atoms with van der Waals surface area (Å²) in [5.74, 6) is -1.64. The van der Waals surface area contributed by atoms with Crippen LogP contribution in [0.1, 0.15) is 16.5 Å². The van der Waals surface area contributed by atoms with Crippen LogP contribution in [-0.4, -0.2) is 28.8 Å². The van der Waals surface area contributed by atoms with Crippen LogP contribution in [0, 0.1) is 10.1 Å². The number of hydrogen-bond acceptors (Lipinski definition) is 7. The van der Waals surface area contributed by atoms with Crippen LogP contribution in [0.15, 0.2) is 71.6 Å². The zero-order valence-electron chi connectivity index (χ0n) is 16.2. The van der Waals surface area contributed by atoms with Gasteiger partial charge in [-0.15, -0.1) is 11.3 Å². The molecule has 31 heavy (non-hydrogen) atoms. The van der Waals surface area contributed by atoms with Crippen LogP contribution < -0.4 is 9.64 Å². The molecule has 8 nitrogen and oxygen atoms in total. The lowest BCUT2D eigenvalue weighted by atomic mass is 9.99. The number of aliphatic hydroxyl groups excluding tert-OH is 1. The Morgan fingerprint density at radius 3 is 2.42 bits per heavy atom. The van der Waals surface area contributed by atoms with Gasteiger partial charge in [-0.2, -0.15) is 0 Å². The molecule has 0 bridgehead atoms. The fourth-order valence-corrected chi connectivity index (χ4v) is 4.35. The molecule has 1 N–H and O–H groups in total. The average Bonchev–Trinajstić information content (AvgIpc) is 3.40. The van der Waals surface area contributed by atoms with Gasteiger partial charge in [-0.3, -0.25) is 24.6 Å². The number of aliphatic hydroxyl groups is 1. The summed E-state index contributed by atoms with van der Waals surface area (Å²) in [5.41, 5.74) is 0.353. The van der Waals surface area contributed by atoms with Crippen molar-refractivity contribution in [2.24, 2.45) is 0 Å². The Kier molecular flexibility index (Phi) is 5.26. The van der Waals surface area contributed by atoms with Gasteiger partial charge in [-0.05, 0) is 35.7 Å². The number of methoxy groups -OCH3 is 1. The number of carbonyl (C=O) groups is 2. The first-order valence-electron chi connectivity index (χ1n) is 9.16. The van der Waals surface area contributed by atoms with Crippen LogP contribution in [0.25, 0.3) is 5.76 Å². The number of benzene rings is 2. The predicted octanol–water partition coefficient (Wildman–Crippen LogP) is 4.29. The van der Waals surface area contributed by atoms with Crippen molar-refractivity contribution in [3.8, 4) is 5.75 Å².